The van der Waals surface area contributed by atoms with Crippen LogP contribution in [0.15, 0.2) is 59.8 Å². The molecule has 4 rings (SSSR count). The molecule has 0 radical (unpaired) electrons. The molecule has 166 valence electrons. The van der Waals surface area contributed by atoms with Crippen molar-refractivity contribution in [3.8, 4) is 0 Å². The highest BCUT2D eigenvalue weighted by Crippen LogP contribution is 2.22. The van der Waals surface area contributed by atoms with Gasteiger partial charge in [0.25, 0.3) is 0 Å². The largest absolute Gasteiger partial charge is 0.325 e. The molecule has 1 aliphatic heterocycles. The fraction of sp³-hybridized carbons (Fsp3) is 0.333. The molecule has 1 fully saturated rings. The van der Waals surface area contributed by atoms with Gasteiger partial charge in [0.1, 0.15) is 5.82 Å². The normalized spacial score (nSPS) is 13.9. The molecular formula is C24H27N5O2S. The van der Waals surface area contributed by atoms with E-state index >= 15 is 0 Å². The fourth-order valence-corrected chi connectivity index (χ4v) is 4.58. The summed E-state index contributed by atoms with van der Waals surface area (Å²) in [5, 5.41) is 12.4. The number of carbonyl (C=O) groups is 2. The first-order valence-electron chi connectivity index (χ1n) is 10.8. The van der Waals surface area contributed by atoms with Gasteiger partial charge in [-0.3, -0.25) is 14.5 Å². The number of anilines is 1. The van der Waals surface area contributed by atoms with E-state index in [2.05, 4.69) is 37.1 Å². The van der Waals surface area contributed by atoms with Crippen molar-refractivity contribution in [2.75, 3.05) is 24.2 Å². The van der Waals surface area contributed by atoms with Gasteiger partial charge in [-0.1, -0.05) is 54.2 Å². The number of ketones is 1. The zero-order valence-corrected chi connectivity index (χ0v) is 19.0. The van der Waals surface area contributed by atoms with Gasteiger partial charge in [-0.05, 0) is 50.6 Å². The molecular weight excluding hydrogens is 422 g/mol. The molecule has 8 heteroatoms. The van der Waals surface area contributed by atoms with E-state index in [9.17, 15) is 9.59 Å². The van der Waals surface area contributed by atoms with Gasteiger partial charge in [0.2, 0.25) is 5.91 Å². The van der Waals surface area contributed by atoms with Gasteiger partial charge in [0.15, 0.2) is 10.9 Å². The number of benzene rings is 2. The molecule has 32 heavy (non-hydrogen) atoms. The average Bonchev–Trinajstić information content (AvgIpc) is 3.44. The van der Waals surface area contributed by atoms with Gasteiger partial charge in [0, 0.05) is 5.56 Å². The topological polar surface area (TPSA) is 80.1 Å². The van der Waals surface area contributed by atoms with Gasteiger partial charge in [-0.15, -0.1) is 10.2 Å². The SMILES string of the molecule is CC(=O)c1ccccc1NC(=O)CSc1nnc(CN2CCCC2)n1Cc1ccccc1. The van der Waals surface area contributed by atoms with Crippen molar-refractivity contribution in [2.45, 2.75) is 38.0 Å². The first-order valence-corrected chi connectivity index (χ1v) is 11.8. The molecule has 0 atom stereocenters. The van der Waals surface area contributed by atoms with Crippen LogP contribution in [0, 0.1) is 0 Å². The molecule has 1 amide bonds. The van der Waals surface area contributed by atoms with Crippen LogP contribution in [-0.4, -0.2) is 50.2 Å². The highest BCUT2D eigenvalue weighted by molar-refractivity contribution is 7.99. The lowest BCUT2D eigenvalue weighted by Gasteiger charge is -2.16. The smallest absolute Gasteiger partial charge is 0.234 e. The second-order valence-electron chi connectivity index (χ2n) is 7.89. The summed E-state index contributed by atoms with van der Waals surface area (Å²) in [7, 11) is 0. The van der Waals surface area contributed by atoms with Crippen LogP contribution in [-0.2, 0) is 17.9 Å². The third-order valence-electron chi connectivity index (χ3n) is 5.45. The minimum atomic E-state index is -0.181. The van der Waals surface area contributed by atoms with Crippen LogP contribution in [0.5, 0.6) is 0 Å². The predicted octanol–water partition coefficient (Wildman–Crippen LogP) is 3.86. The Kier molecular flexibility index (Phi) is 7.34. The highest BCUT2D eigenvalue weighted by atomic mass is 32.2. The Morgan fingerprint density at radius 2 is 1.69 bits per heavy atom. The molecule has 0 aliphatic carbocycles. The standard InChI is InChI=1S/C24H27N5O2S/c1-18(30)20-11-5-6-12-21(20)25-23(31)17-32-24-27-26-22(16-28-13-7-8-14-28)29(24)15-19-9-3-2-4-10-19/h2-6,9-12H,7-8,13-17H2,1H3,(H,25,31). The summed E-state index contributed by atoms with van der Waals surface area (Å²) in [5.74, 6) is 0.838. The van der Waals surface area contributed by atoms with E-state index in [0.29, 0.717) is 17.8 Å². The van der Waals surface area contributed by atoms with Gasteiger partial charge in [-0.2, -0.15) is 0 Å². The van der Waals surface area contributed by atoms with E-state index in [-0.39, 0.29) is 17.4 Å². The molecule has 0 spiro atoms. The summed E-state index contributed by atoms with van der Waals surface area (Å²) >= 11 is 1.36. The predicted molar refractivity (Wildman–Crippen MR) is 126 cm³/mol. The van der Waals surface area contributed by atoms with Crippen LogP contribution in [0.3, 0.4) is 0 Å². The van der Waals surface area contributed by atoms with Crippen LogP contribution in [0.4, 0.5) is 5.69 Å². The van der Waals surface area contributed by atoms with E-state index in [0.717, 1.165) is 36.2 Å². The molecule has 1 aromatic heterocycles. The summed E-state index contributed by atoms with van der Waals surface area (Å²) in [6, 6.07) is 17.3. The second-order valence-corrected chi connectivity index (χ2v) is 8.83. The molecule has 0 bridgehead atoms. The Hall–Kier alpha value is -2.97. The zero-order chi connectivity index (χ0) is 22.3. The average molecular weight is 450 g/mol. The molecule has 7 nitrogen and oxygen atoms in total. The van der Waals surface area contributed by atoms with Crippen LogP contribution in [0.1, 0.15) is 41.5 Å². The Balaban J connectivity index is 1.47. The van der Waals surface area contributed by atoms with Crippen molar-refractivity contribution in [1.29, 1.82) is 0 Å². The number of nitrogens with one attached hydrogen (secondary N) is 1. The Labute approximate surface area is 192 Å². The number of thioether (sulfide) groups is 1. The molecule has 0 unspecified atom stereocenters. The Morgan fingerprint density at radius 3 is 2.44 bits per heavy atom. The Bertz CT molecular complexity index is 1080. The number of amides is 1. The van der Waals surface area contributed by atoms with Crippen molar-refractivity contribution in [3.05, 3.63) is 71.5 Å². The second kappa shape index (κ2) is 10.6. The molecule has 1 N–H and O–H groups in total. The van der Waals surface area contributed by atoms with Crippen LogP contribution >= 0.6 is 11.8 Å². The lowest BCUT2D eigenvalue weighted by atomic mass is 10.1. The molecule has 2 heterocycles. The van der Waals surface area contributed by atoms with E-state index in [1.54, 1.807) is 24.3 Å². The highest BCUT2D eigenvalue weighted by Gasteiger charge is 2.19. The monoisotopic (exact) mass is 449 g/mol. The van der Waals surface area contributed by atoms with E-state index in [4.69, 9.17) is 0 Å². The van der Waals surface area contributed by atoms with Crippen LogP contribution in [0.2, 0.25) is 0 Å². The van der Waals surface area contributed by atoms with Crippen molar-refractivity contribution in [2.24, 2.45) is 0 Å². The molecule has 0 saturated carbocycles. The third kappa shape index (κ3) is 5.63. The van der Waals surface area contributed by atoms with Crippen molar-refractivity contribution < 1.29 is 9.59 Å². The summed E-state index contributed by atoms with van der Waals surface area (Å²) in [4.78, 5) is 26.8. The zero-order valence-electron chi connectivity index (χ0n) is 18.2. The third-order valence-corrected chi connectivity index (χ3v) is 6.42. The number of aromatic nitrogens is 3. The lowest BCUT2D eigenvalue weighted by Crippen LogP contribution is -2.22. The molecule has 1 saturated heterocycles. The molecule has 1 aliphatic rings. The van der Waals surface area contributed by atoms with Crippen molar-refractivity contribution in [1.82, 2.24) is 19.7 Å². The summed E-state index contributed by atoms with van der Waals surface area (Å²) < 4.78 is 2.11. The fourth-order valence-electron chi connectivity index (χ4n) is 3.82. The first kappa shape index (κ1) is 22.2. The van der Waals surface area contributed by atoms with Gasteiger partial charge in [0.05, 0.1) is 24.5 Å². The maximum Gasteiger partial charge on any atom is 0.234 e. The number of likely N-dealkylation sites (tertiary alicyclic amines) is 1. The lowest BCUT2D eigenvalue weighted by molar-refractivity contribution is -0.113. The molecule has 2 aromatic carbocycles. The number of hydrogen-bond acceptors (Lipinski definition) is 6. The van der Waals surface area contributed by atoms with E-state index < -0.39 is 0 Å². The van der Waals surface area contributed by atoms with Crippen molar-refractivity contribution >= 4 is 29.1 Å². The number of carbonyl (C=O) groups excluding carboxylic acids is 2. The summed E-state index contributed by atoms with van der Waals surface area (Å²) in [5.41, 5.74) is 2.20. The maximum atomic E-state index is 12.6. The van der Waals surface area contributed by atoms with Crippen LogP contribution in [0.25, 0.3) is 0 Å². The number of para-hydroxylation sites is 1. The van der Waals surface area contributed by atoms with Crippen molar-refractivity contribution in [3.63, 3.8) is 0 Å². The van der Waals surface area contributed by atoms with E-state index in [1.807, 2.05) is 18.2 Å². The summed E-state index contributed by atoms with van der Waals surface area (Å²) in [6.07, 6.45) is 2.44. The number of rotatable bonds is 9. The maximum absolute atomic E-state index is 12.6. The summed E-state index contributed by atoms with van der Waals surface area (Å²) in [6.45, 7) is 5.08. The first-order chi connectivity index (χ1) is 15.6. The van der Waals surface area contributed by atoms with Gasteiger partial charge < -0.3 is 9.88 Å². The van der Waals surface area contributed by atoms with Crippen LogP contribution < -0.4 is 5.32 Å². The quantitative estimate of drug-likeness (QED) is 0.395. The minimum Gasteiger partial charge on any atom is -0.325 e. The minimum absolute atomic E-state index is 0.0808. The molecule has 3 aromatic rings. The Morgan fingerprint density at radius 1 is 0.969 bits per heavy atom. The number of hydrogen-bond donors (Lipinski definition) is 1. The number of Topliss-reactive ketones (excluding diaryl/α,β-unsaturated/α-hetero) is 1. The van der Waals surface area contributed by atoms with Gasteiger partial charge >= 0.3 is 0 Å². The number of nitrogens with zero attached hydrogens (tertiary/aromatic N) is 4. The van der Waals surface area contributed by atoms with Gasteiger partial charge in [-0.25, -0.2) is 0 Å². The van der Waals surface area contributed by atoms with E-state index in [1.165, 1.54) is 31.5 Å².